The van der Waals surface area contributed by atoms with Crippen molar-refractivity contribution in [3.8, 4) is 11.3 Å². The van der Waals surface area contributed by atoms with Gasteiger partial charge in [0.15, 0.2) is 9.84 Å². The number of anilines is 1. The molecule has 3 rings (SSSR count). The number of furan rings is 1. The molecule has 24 heavy (non-hydrogen) atoms. The summed E-state index contributed by atoms with van der Waals surface area (Å²) in [4.78, 5) is 2.71. The van der Waals surface area contributed by atoms with Crippen molar-refractivity contribution in [1.29, 1.82) is 0 Å². The lowest BCUT2D eigenvalue weighted by molar-refractivity contribution is 0.575. The van der Waals surface area contributed by atoms with E-state index in [1.807, 2.05) is 18.2 Å². The SMILES string of the molecule is CC(C)S(=O)(=O)c1ccc(N2CCCCCC2)cc1-c1ccco1. The fourth-order valence-electron chi connectivity index (χ4n) is 3.17. The number of hydrogen-bond donors (Lipinski definition) is 0. The second-order valence-corrected chi connectivity index (χ2v) is 9.13. The average Bonchev–Trinajstić information content (AvgIpc) is 2.96. The predicted octanol–water partition coefficient (Wildman–Crippen LogP) is 4.51. The highest BCUT2D eigenvalue weighted by Gasteiger charge is 2.25. The summed E-state index contributed by atoms with van der Waals surface area (Å²) >= 11 is 0. The molecule has 0 N–H and O–H groups in total. The van der Waals surface area contributed by atoms with E-state index in [-0.39, 0.29) is 0 Å². The van der Waals surface area contributed by atoms with Gasteiger partial charge < -0.3 is 9.32 Å². The molecule has 1 aromatic heterocycles. The predicted molar refractivity (Wildman–Crippen MR) is 97.1 cm³/mol. The first kappa shape index (κ1) is 17.1. The van der Waals surface area contributed by atoms with Crippen LogP contribution in [0.25, 0.3) is 11.3 Å². The minimum absolute atomic E-state index is 0.353. The number of nitrogens with zero attached hydrogens (tertiary/aromatic N) is 1. The molecule has 130 valence electrons. The normalized spacial score (nSPS) is 16.4. The zero-order chi connectivity index (χ0) is 17.2. The van der Waals surface area contributed by atoms with Crippen molar-refractivity contribution in [2.75, 3.05) is 18.0 Å². The van der Waals surface area contributed by atoms with Gasteiger partial charge in [0.05, 0.1) is 16.4 Å². The quantitative estimate of drug-likeness (QED) is 0.816. The first-order valence-electron chi connectivity index (χ1n) is 8.67. The first-order chi connectivity index (χ1) is 11.5. The summed E-state index contributed by atoms with van der Waals surface area (Å²) in [7, 11) is -3.37. The molecule has 5 heteroatoms. The molecule has 0 amide bonds. The Morgan fingerprint density at radius 3 is 2.33 bits per heavy atom. The van der Waals surface area contributed by atoms with Crippen molar-refractivity contribution in [2.45, 2.75) is 49.7 Å². The zero-order valence-electron chi connectivity index (χ0n) is 14.4. The van der Waals surface area contributed by atoms with Crippen LogP contribution >= 0.6 is 0 Å². The number of benzene rings is 1. The fourth-order valence-corrected chi connectivity index (χ4v) is 4.40. The van der Waals surface area contributed by atoms with Crippen LogP contribution in [-0.2, 0) is 9.84 Å². The van der Waals surface area contributed by atoms with Crippen LogP contribution in [0.3, 0.4) is 0 Å². The second kappa shape index (κ2) is 7.01. The lowest BCUT2D eigenvalue weighted by atomic mass is 10.1. The van der Waals surface area contributed by atoms with E-state index >= 15 is 0 Å². The molecular formula is C19H25NO3S. The molecule has 1 aromatic carbocycles. The van der Waals surface area contributed by atoms with Gasteiger partial charge in [-0.15, -0.1) is 0 Å². The zero-order valence-corrected chi connectivity index (χ0v) is 15.2. The van der Waals surface area contributed by atoms with Crippen molar-refractivity contribution in [1.82, 2.24) is 0 Å². The number of rotatable bonds is 4. The summed E-state index contributed by atoms with van der Waals surface area (Å²) in [5, 5.41) is -0.463. The van der Waals surface area contributed by atoms with Gasteiger partial charge in [-0.25, -0.2) is 8.42 Å². The number of sulfone groups is 1. The Morgan fingerprint density at radius 2 is 1.75 bits per heavy atom. The smallest absolute Gasteiger partial charge is 0.181 e. The van der Waals surface area contributed by atoms with E-state index in [0.29, 0.717) is 16.2 Å². The maximum absolute atomic E-state index is 12.7. The summed E-state index contributed by atoms with van der Waals surface area (Å²) in [6.07, 6.45) is 6.48. The minimum Gasteiger partial charge on any atom is -0.464 e. The molecule has 1 saturated heterocycles. The van der Waals surface area contributed by atoms with Crippen LogP contribution in [0, 0.1) is 0 Å². The van der Waals surface area contributed by atoms with E-state index in [0.717, 1.165) is 18.8 Å². The van der Waals surface area contributed by atoms with E-state index in [9.17, 15) is 8.42 Å². The van der Waals surface area contributed by atoms with Crippen molar-refractivity contribution in [3.05, 3.63) is 36.6 Å². The van der Waals surface area contributed by atoms with Gasteiger partial charge in [-0.05, 0) is 57.0 Å². The number of hydrogen-bond acceptors (Lipinski definition) is 4. The topological polar surface area (TPSA) is 50.5 Å². The molecule has 0 atom stereocenters. The minimum atomic E-state index is -3.37. The van der Waals surface area contributed by atoms with Gasteiger partial charge in [0.25, 0.3) is 0 Å². The van der Waals surface area contributed by atoms with Gasteiger partial charge in [0.2, 0.25) is 0 Å². The average molecular weight is 347 g/mol. The molecular weight excluding hydrogens is 322 g/mol. The van der Waals surface area contributed by atoms with E-state index in [1.54, 1.807) is 32.2 Å². The van der Waals surface area contributed by atoms with E-state index in [1.165, 1.54) is 25.7 Å². The van der Waals surface area contributed by atoms with Gasteiger partial charge in [-0.1, -0.05) is 12.8 Å². The third-order valence-corrected chi connectivity index (χ3v) is 6.86. The molecule has 0 radical (unpaired) electrons. The van der Waals surface area contributed by atoms with Gasteiger partial charge in [-0.2, -0.15) is 0 Å². The lowest BCUT2D eigenvalue weighted by Gasteiger charge is -2.24. The van der Waals surface area contributed by atoms with Crippen LogP contribution in [-0.4, -0.2) is 26.8 Å². The first-order valence-corrected chi connectivity index (χ1v) is 10.2. The van der Waals surface area contributed by atoms with Gasteiger partial charge in [-0.3, -0.25) is 0 Å². The van der Waals surface area contributed by atoms with Crippen LogP contribution in [0.2, 0.25) is 0 Å². The fraction of sp³-hybridized carbons (Fsp3) is 0.474. The van der Waals surface area contributed by atoms with Crippen molar-refractivity contribution >= 4 is 15.5 Å². The molecule has 0 saturated carbocycles. The molecule has 1 aliphatic heterocycles. The van der Waals surface area contributed by atoms with E-state index in [4.69, 9.17) is 4.42 Å². The van der Waals surface area contributed by atoms with Crippen LogP contribution in [0.15, 0.2) is 45.9 Å². The molecule has 0 bridgehead atoms. The maximum atomic E-state index is 12.7. The van der Waals surface area contributed by atoms with Crippen LogP contribution in [0.5, 0.6) is 0 Å². The van der Waals surface area contributed by atoms with Gasteiger partial charge in [0, 0.05) is 24.3 Å². The van der Waals surface area contributed by atoms with Gasteiger partial charge >= 0.3 is 0 Å². The largest absolute Gasteiger partial charge is 0.464 e. The van der Waals surface area contributed by atoms with Gasteiger partial charge in [0.1, 0.15) is 5.76 Å². The Hall–Kier alpha value is -1.75. The summed E-state index contributed by atoms with van der Waals surface area (Å²) in [5.74, 6) is 0.603. The Balaban J connectivity index is 2.08. The van der Waals surface area contributed by atoms with Crippen LogP contribution in [0.1, 0.15) is 39.5 Å². The summed E-state index contributed by atoms with van der Waals surface area (Å²) in [6.45, 7) is 5.47. The summed E-state index contributed by atoms with van der Waals surface area (Å²) < 4.78 is 31.0. The van der Waals surface area contributed by atoms with Crippen molar-refractivity contribution in [2.24, 2.45) is 0 Å². The molecule has 0 aliphatic carbocycles. The van der Waals surface area contributed by atoms with Crippen molar-refractivity contribution in [3.63, 3.8) is 0 Å². The second-order valence-electron chi connectivity index (χ2n) is 6.65. The summed E-state index contributed by atoms with van der Waals surface area (Å²) in [5.41, 5.74) is 1.74. The Labute approximate surface area is 144 Å². The third kappa shape index (κ3) is 3.36. The maximum Gasteiger partial charge on any atom is 0.181 e. The Morgan fingerprint density at radius 1 is 1.04 bits per heavy atom. The van der Waals surface area contributed by atoms with Crippen LogP contribution in [0.4, 0.5) is 5.69 Å². The molecule has 0 unspecified atom stereocenters. The van der Waals surface area contributed by atoms with Crippen LogP contribution < -0.4 is 4.90 Å². The van der Waals surface area contributed by atoms with Crippen molar-refractivity contribution < 1.29 is 12.8 Å². The monoisotopic (exact) mass is 347 g/mol. The standard InChI is InChI=1S/C19H25NO3S/c1-15(2)24(21,22)19-10-9-16(20-11-5-3-4-6-12-20)14-17(19)18-8-7-13-23-18/h7-10,13-15H,3-6,11-12H2,1-2H3. The molecule has 2 aromatic rings. The highest BCUT2D eigenvalue weighted by molar-refractivity contribution is 7.92. The lowest BCUT2D eigenvalue weighted by Crippen LogP contribution is -2.24. The Bertz CT molecular complexity index is 771. The molecule has 2 heterocycles. The highest BCUT2D eigenvalue weighted by Crippen LogP contribution is 2.34. The highest BCUT2D eigenvalue weighted by atomic mass is 32.2. The molecule has 1 fully saturated rings. The Kier molecular flexibility index (Phi) is 4.99. The third-order valence-electron chi connectivity index (χ3n) is 4.65. The molecule has 1 aliphatic rings. The summed E-state index contributed by atoms with van der Waals surface area (Å²) in [6, 6.07) is 9.26. The molecule has 0 spiro atoms. The van der Waals surface area contributed by atoms with E-state index < -0.39 is 15.1 Å². The van der Waals surface area contributed by atoms with E-state index in [2.05, 4.69) is 4.90 Å². The molecule has 4 nitrogen and oxygen atoms in total.